The topological polar surface area (TPSA) is 34.5 Å². The molecule has 0 fully saturated rings. The molecule has 3 rings (SSSR count). The maximum atomic E-state index is 6.17. The van der Waals surface area contributed by atoms with E-state index in [2.05, 4.69) is 16.0 Å². The third kappa shape index (κ3) is 2.10. The van der Waals surface area contributed by atoms with E-state index in [1.807, 2.05) is 24.3 Å². The maximum Gasteiger partial charge on any atom is 0.138 e. The normalized spacial score (nSPS) is 13.7. The van der Waals surface area contributed by atoms with Gasteiger partial charge in [-0.3, -0.25) is 4.99 Å². The Bertz CT molecular complexity index is 652. The first-order chi connectivity index (χ1) is 9.31. The number of aliphatic imine (C=N–C) groups is 1. The lowest BCUT2D eigenvalue weighted by Crippen LogP contribution is -2.15. The highest BCUT2D eigenvalue weighted by molar-refractivity contribution is 6.34. The van der Waals surface area contributed by atoms with Crippen molar-refractivity contribution in [2.45, 2.75) is 6.42 Å². The van der Waals surface area contributed by atoms with Gasteiger partial charge in [-0.15, -0.1) is 0 Å². The van der Waals surface area contributed by atoms with E-state index in [0.29, 0.717) is 5.15 Å². The molecule has 0 spiro atoms. The van der Waals surface area contributed by atoms with Crippen molar-refractivity contribution in [2.24, 2.45) is 4.99 Å². The molecule has 96 valence electrons. The summed E-state index contributed by atoms with van der Waals surface area (Å²) in [5.74, 6) is 0.907. The van der Waals surface area contributed by atoms with Crippen LogP contribution in [0.15, 0.2) is 41.5 Å². The van der Waals surface area contributed by atoms with E-state index in [1.54, 1.807) is 13.3 Å². The van der Waals surface area contributed by atoms with E-state index in [9.17, 15) is 0 Å². The van der Waals surface area contributed by atoms with E-state index >= 15 is 0 Å². The van der Waals surface area contributed by atoms with E-state index in [0.717, 1.165) is 35.6 Å². The van der Waals surface area contributed by atoms with Crippen LogP contribution in [0.2, 0.25) is 5.15 Å². The molecular formula is C15H13ClN2O. The van der Waals surface area contributed by atoms with Crippen molar-refractivity contribution in [3.63, 3.8) is 0 Å². The highest BCUT2D eigenvalue weighted by Crippen LogP contribution is 2.29. The van der Waals surface area contributed by atoms with Gasteiger partial charge in [0.05, 0.1) is 12.8 Å². The van der Waals surface area contributed by atoms with Crippen LogP contribution >= 0.6 is 11.6 Å². The van der Waals surface area contributed by atoms with Crippen LogP contribution in [0.4, 0.5) is 0 Å². The van der Waals surface area contributed by atoms with Gasteiger partial charge in [-0.25, -0.2) is 4.98 Å². The molecule has 0 bridgehead atoms. The van der Waals surface area contributed by atoms with Crippen LogP contribution in [0.1, 0.15) is 16.7 Å². The molecule has 0 unspecified atom stereocenters. The second-order valence-corrected chi connectivity index (χ2v) is 4.67. The molecule has 0 radical (unpaired) electrons. The number of fused-ring (bicyclic) bond motifs is 1. The molecule has 4 heteroatoms. The number of hydrogen-bond donors (Lipinski definition) is 0. The van der Waals surface area contributed by atoms with Crippen molar-refractivity contribution >= 4 is 17.3 Å². The lowest BCUT2D eigenvalue weighted by atomic mass is 9.93. The maximum absolute atomic E-state index is 6.17. The number of methoxy groups -OCH3 is 1. The summed E-state index contributed by atoms with van der Waals surface area (Å²) >= 11 is 6.17. The van der Waals surface area contributed by atoms with E-state index < -0.39 is 0 Å². The number of rotatable bonds is 2. The summed E-state index contributed by atoms with van der Waals surface area (Å²) in [7, 11) is 1.69. The average Bonchev–Trinajstić information content (AvgIpc) is 2.46. The van der Waals surface area contributed by atoms with E-state index in [-0.39, 0.29) is 0 Å². The van der Waals surface area contributed by atoms with Crippen LogP contribution in [-0.4, -0.2) is 24.4 Å². The Morgan fingerprint density at radius 2 is 2.00 bits per heavy atom. The smallest absolute Gasteiger partial charge is 0.138 e. The standard InChI is InChI=1S/C15H13ClN2O/c1-19-13-6-2-4-11-10(13)7-9-17-14(11)12-5-3-8-18-15(12)16/h2-6,8H,7,9H2,1H3. The molecule has 1 aromatic carbocycles. The fraction of sp³-hybridized carbons (Fsp3) is 0.200. The van der Waals surface area contributed by atoms with Crippen LogP contribution in [-0.2, 0) is 6.42 Å². The zero-order valence-corrected chi connectivity index (χ0v) is 11.3. The molecule has 2 heterocycles. The summed E-state index contributed by atoms with van der Waals surface area (Å²) in [4.78, 5) is 8.74. The zero-order chi connectivity index (χ0) is 13.2. The summed E-state index contributed by atoms with van der Waals surface area (Å²) < 4.78 is 5.42. The molecule has 1 aromatic heterocycles. The third-order valence-corrected chi connectivity index (χ3v) is 3.56. The highest BCUT2D eigenvalue weighted by Gasteiger charge is 2.20. The average molecular weight is 273 g/mol. The number of hydrogen-bond acceptors (Lipinski definition) is 3. The lowest BCUT2D eigenvalue weighted by molar-refractivity contribution is 0.409. The molecule has 19 heavy (non-hydrogen) atoms. The summed E-state index contributed by atoms with van der Waals surface area (Å²) in [6.45, 7) is 0.744. The summed E-state index contributed by atoms with van der Waals surface area (Å²) in [5, 5.41) is 0.483. The molecule has 0 amide bonds. The van der Waals surface area contributed by atoms with Crippen molar-refractivity contribution < 1.29 is 4.74 Å². The first-order valence-corrected chi connectivity index (χ1v) is 6.50. The van der Waals surface area contributed by atoms with Gasteiger partial charge in [-0.2, -0.15) is 0 Å². The van der Waals surface area contributed by atoms with Gasteiger partial charge >= 0.3 is 0 Å². The second-order valence-electron chi connectivity index (χ2n) is 4.31. The van der Waals surface area contributed by atoms with Gasteiger partial charge in [0, 0.05) is 29.4 Å². The van der Waals surface area contributed by atoms with Crippen molar-refractivity contribution in [1.82, 2.24) is 4.98 Å². The molecule has 3 nitrogen and oxygen atoms in total. The first-order valence-electron chi connectivity index (χ1n) is 6.13. The predicted octanol–water partition coefficient (Wildman–Crippen LogP) is 3.14. The molecule has 1 aliphatic rings. The summed E-state index contributed by atoms with van der Waals surface area (Å²) in [6, 6.07) is 9.83. The second kappa shape index (κ2) is 5.02. The molecule has 0 saturated carbocycles. The molecule has 0 atom stereocenters. The van der Waals surface area contributed by atoms with Gasteiger partial charge in [0.15, 0.2) is 0 Å². The minimum absolute atomic E-state index is 0.483. The Kier molecular flexibility index (Phi) is 3.22. The summed E-state index contributed by atoms with van der Waals surface area (Å²) in [6.07, 6.45) is 2.57. The monoisotopic (exact) mass is 272 g/mol. The molecule has 0 N–H and O–H groups in total. The van der Waals surface area contributed by atoms with Crippen LogP contribution in [0.25, 0.3) is 0 Å². The lowest BCUT2D eigenvalue weighted by Gasteiger charge is -2.19. The fourth-order valence-electron chi connectivity index (χ4n) is 2.39. The molecule has 0 aliphatic carbocycles. The Morgan fingerprint density at radius 3 is 2.79 bits per heavy atom. The first kappa shape index (κ1) is 12.2. The number of nitrogens with zero attached hydrogens (tertiary/aromatic N) is 2. The largest absolute Gasteiger partial charge is 0.496 e. The predicted molar refractivity (Wildman–Crippen MR) is 76.5 cm³/mol. The number of ether oxygens (including phenoxy) is 1. The highest BCUT2D eigenvalue weighted by atomic mass is 35.5. The Hall–Kier alpha value is -1.87. The van der Waals surface area contributed by atoms with Gasteiger partial charge in [0.2, 0.25) is 0 Å². The van der Waals surface area contributed by atoms with Crippen molar-refractivity contribution in [3.05, 3.63) is 58.4 Å². The van der Waals surface area contributed by atoms with Gasteiger partial charge in [-0.05, 0) is 24.6 Å². The number of pyridine rings is 1. The third-order valence-electron chi connectivity index (χ3n) is 3.25. The SMILES string of the molecule is COc1cccc2c1CCN=C2c1cccnc1Cl. The van der Waals surface area contributed by atoms with Crippen LogP contribution < -0.4 is 4.74 Å². The summed E-state index contributed by atoms with van der Waals surface area (Å²) in [5.41, 5.74) is 4.05. The minimum atomic E-state index is 0.483. The Balaban J connectivity index is 2.17. The number of halogens is 1. The van der Waals surface area contributed by atoms with Crippen LogP contribution in [0.5, 0.6) is 5.75 Å². The van der Waals surface area contributed by atoms with Crippen molar-refractivity contribution in [3.8, 4) is 5.75 Å². The molecular weight excluding hydrogens is 260 g/mol. The van der Waals surface area contributed by atoms with Gasteiger partial charge in [-0.1, -0.05) is 23.7 Å². The zero-order valence-electron chi connectivity index (χ0n) is 10.6. The van der Waals surface area contributed by atoms with Crippen LogP contribution in [0.3, 0.4) is 0 Å². The molecule has 1 aliphatic heterocycles. The van der Waals surface area contributed by atoms with Crippen molar-refractivity contribution in [1.29, 1.82) is 0 Å². The molecule has 0 saturated heterocycles. The fourth-order valence-corrected chi connectivity index (χ4v) is 2.60. The van der Waals surface area contributed by atoms with E-state index in [4.69, 9.17) is 16.3 Å². The Morgan fingerprint density at radius 1 is 1.16 bits per heavy atom. The van der Waals surface area contributed by atoms with E-state index in [1.165, 1.54) is 5.56 Å². The molecule has 2 aromatic rings. The van der Waals surface area contributed by atoms with Gasteiger partial charge in [0.1, 0.15) is 10.9 Å². The minimum Gasteiger partial charge on any atom is -0.496 e. The number of benzene rings is 1. The van der Waals surface area contributed by atoms with Gasteiger partial charge in [0.25, 0.3) is 0 Å². The van der Waals surface area contributed by atoms with Gasteiger partial charge < -0.3 is 4.74 Å². The number of aromatic nitrogens is 1. The van der Waals surface area contributed by atoms with Crippen LogP contribution in [0, 0.1) is 0 Å². The van der Waals surface area contributed by atoms with Crippen molar-refractivity contribution in [2.75, 3.05) is 13.7 Å². The Labute approximate surface area is 116 Å². The quantitative estimate of drug-likeness (QED) is 0.787.